The molecular formula is C20H20N4O2. The molecule has 1 fully saturated rings. The molecule has 0 amide bonds. The van der Waals surface area contributed by atoms with Gasteiger partial charge in [-0.05, 0) is 29.2 Å². The largest absolute Gasteiger partial charge is 0.378 e. The van der Waals surface area contributed by atoms with Gasteiger partial charge < -0.3 is 4.84 Å². The van der Waals surface area contributed by atoms with Crippen LogP contribution in [0.4, 0.5) is 5.69 Å². The second-order valence-electron chi connectivity index (χ2n) is 6.70. The maximum atomic E-state index is 12.2. The van der Waals surface area contributed by atoms with Crippen LogP contribution < -0.4 is 10.6 Å². The summed E-state index contributed by atoms with van der Waals surface area (Å²) < 4.78 is 0. The second kappa shape index (κ2) is 6.72. The molecule has 0 spiro atoms. The number of hydrogen-bond acceptors (Lipinski definition) is 6. The average Bonchev–Trinajstić information content (AvgIpc) is 3.29. The predicted octanol–water partition coefficient (Wildman–Crippen LogP) is 4.40. The molecule has 1 N–H and O–H groups in total. The molecule has 6 heteroatoms. The topological polar surface area (TPSA) is 66.3 Å². The highest BCUT2D eigenvalue weighted by atomic mass is 16.7. The molecule has 0 radical (unpaired) electrons. The monoisotopic (exact) mass is 348 g/mol. The van der Waals surface area contributed by atoms with Crippen molar-refractivity contribution in [3.63, 3.8) is 0 Å². The van der Waals surface area contributed by atoms with Gasteiger partial charge in [0.05, 0.1) is 11.4 Å². The van der Waals surface area contributed by atoms with Gasteiger partial charge in [0.1, 0.15) is 6.04 Å². The highest BCUT2D eigenvalue weighted by Gasteiger charge is 2.35. The van der Waals surface area contributed by atoms with Crippen molar-refractivity contribution >= 4 is 11.7 Å². The van der Waals surface area contributed by atoms with Gasteiger partial charge in [0.25, 0.3) is 0 Å². The van der Waals surface area contributed by atoms with Crippen LogP contribution in [-0.2, 0) is 9.63 Å². The molecule has 2 aliphatic heterocycles. The van der Waals surface area contributed by atoms with E-state index in [-0.39, 0.29) is 6.04 Å². The third-order valence-electron chi connectivity index (χ3n) is 4.63. The van der Waals surface area contributed by atoms with Gasteiger partial charge in [-0.3, -0.25) is 0 Å². The summed E-state index contributed by atoms with van der Waals surface area (Å²) in [5, 5.41) is 10.3. The van der Waals surface area contributed by atoms with Gasteiger partial charge in [-0.2, -0.15) is 10.2 Å². The van der Waals surface area contributed by atoms with E-state index >= 15 is 0 Å². The Morgan fingerprint density at radius 3 is 2.54 bits per heavy atom. The average molecular weight is 348 g/mol. The molecule has 1 atom stereocenters. The molecule has 0 aliphatic carbocycles. The maximum absolute atomic E-state index is 12.2. The molecular weight excluding hydrogens is 328 g/mol. The maximum Gasteiger partial charge on any atom is 0.378 e. The fourth-order valence-electron chi connectivity index (χ4n) is 3.11. The van der Waals surface area contributed by atoms with Crippen LogP contribution in [0.25, 0.3) is 0 Å². The molecule has 26 heavy (non-hydrogen) atoms. The van der Waals surface area contributed by atoms with E-state index in [2.05, 4.69) is 53.9 Å². The van der Waals surface area contributed by atoms with Crippen molar-refractivity contribution in [3.05, 3.63) is 77.1 Å². The molecule has 6 nitrogen and oxygen atoms in total. The molecule has 2 heterocycles. The SMILES string of the molecule is CC(C)c1ccc(C2CC(=C3C(=O)ONN3c3ccccc3)N=N2)cc1. The summed E-state index contributed by atoms with van der Waals surface area (Å²) in [5.41, 5.74) is 6.86. The van der Waals surface area contributed by atoms with Crippen LogP contribution in [0.2, 0.25) is 0 Å². The van der Waals surface area contributed by atoms with Crippen LogP contribution >= 0.6 is 0 Å². The van der Waals surface area contributed by atoms with E-state index in [0.717, 1.165) is 11.3 Å². The van der Waals surface area contributed by atoms with E-state index in [9.17, 15) is 4.79 Å². The first kappa shape index (κ1) is 16.5. The number of benzene rings is 2. The Kier molecular flexibility index (Phi) is 4.26. The molecule has 132 valence electrons. The van der Waals surface area contributed by atoms with Crippen molar-refractivity contribution in [2.45, 2.75) is 32.2 Å². The van der Waals surface area contributed by atoms with E-state index in [0.29, 0.717) is 23.7 Å². The van der Waals surface area contributed by atoms with Crippen LogP contribution in [0, 0.1) is 0 Å². The highest BCUT2D eigenvalue weighted by Crippen LogP contribution is 2.37. The minimum Gasteiger partial charge on any atom is -0.345 e. The van der Waals surface area contributed by atoms with Crippen molar-refractivity contribution < 1.29 is 9.63 Å². The summed E-state index contributed by atoms with van der Waals surface area (Å²) in [4.78, 5) is 17.2. The Morgan fingerprint density at radius 1 is 1.12 bits per heavy atom. The molecule has 0 aromatic heterocycles. The summed E-state index contributed by atoms with van der Waals surface area (Å²) in [7, 11) is 0. The Balaban J connectivity index is 1.60. The Hall–Kier alpha value is -2.99. The number of rotatable bonds is 3. The minimum atomic E-state index is -0.446. The van der Waals surface area contributed by atoms with Gasteiger partial charge in [-0.1, -0.05) is 61.9 Å². The lowest BCUT2D eigenvalue weighted by Gasteiger charge is -2.16. The van der Waals surface area contributed by atoms with E-state index in [4.69, 9.17) is 4.84 Å². The lowest BCUT2D eigenvalue weighted by atomic mass is 9.97. The molecule has 2 aromatic rings. The first-order chi connectivity index (χ1) is 12.6. The summed E-state index contributed by atoms with van der Waals surface area (Å²) >= 11 is 0. The van der Waals surface area contributed by atoms with Gasteiger partial charge in [-0.25, -0.2) is 9.80 Å². The van der Waals surface area contributed by atoms with Crippen molar-refractivity contribution in [2.75, 3.05) is 5.01 Å². The lowest BCUT2D eigenvalue weighted by molar-refractivity contribution is -0.140. The van der Waals surface area contributed by atoms with Gasteiger partial charge in [0.2, 0.25) is 0 Å². The van der Waals surface area contributed by atoms with Crippen molar-refractivity contribution in [2.24, 2.45) is 10.2 Å². The first-order valence-corrected chi connectivity index (χ1v) is 8.69. The van der Waals surface area contributed by atoms with Crippen LogP contribution in [0.1, 0.15) is 43.4 Å². The zero-order valence-corrected chi connectivity index (χ0v) is 14.7. The molecule has 1 unspecified atom stereocenters. The standard InChI is InChI=1S/C20H20N4O2/c1-13(2)14-8-10-15(11-9-14)17-12-18(22-21-17)19-20(25)26-23-24(19)16-6-4-3-5-7-16/h3-11,13,17,23H,12H2,1-2H3. The Labute approximate surface area is 152 Å². The van der Waals surface area contributed by atoms with E-state index < -0.39 is 5.97 Å². The molecule has 4 rings (SSSR count). The van der Waals surface area contributed by atoms with Crippen LogP contribution in [-0.4, -0.2) is 5.97 Å². The van der Waals surface area contributed by atoms with Crippen molar-refractivity contribution in [1.82, 2.24) is 5.59 Å². The van der Waals surface area contributed by atoms with Gasteiger partial charge >= 0.3 is 5.97 Å². The number of anilines is 1. The summed E-state index contributed by atoms with van der Waals surface area (Å²) in [6.07, 6.45) is 0.566. The third-order valence-corrected chi connectivity index (χ3v) is 4.63. The first-order valence-electron chi connectivity index (χ1n) is 8.69. The summed E-state index contributed by atoms with van der Waals surface area (Å²) in [6.45, 7) is 4.34. The summed E-state index contributed by atoms with van der Waals surface area (Å²) in [6, 6.07) is 17.9. The predicted molar refractivity (Wildman–Crippen MR) is 97.9 cm³/mol. The second-order valence-corrected chi connectivity index (χ2v) is 6.70. The minimum absolute atomic E-state index is 0.0789. The van der Waals surface area contributed by atoms with E-state index in [1.54, 1.807) is 5.01 Å². The van der Waals surface area contributed by atoms with Crippen molar-refractivity contribution in [3.8, 4) is 0 Å². The quantitative estimate of drug-likeness (QED) is 0.835. The number of hydrazine groups is 1. The zero-order valence-electron chi connectivity index (χ0n) is 14.7. The van der Waals surface area contributed by atoms with Gasteiger partial charge in [0.15, 0.2) is 5.70 Å². The molecule has 2 aromatic carbocycles. The van der Waals surface area contributed by atoms with Crippen LogP contribution in [0.3, 0.4) is 0 Å². The number of carbonyl (C=O) groups is 1. The smallest absolute Gasteiger partial charge is 0.345 e. The normalized spacial score (nSPS) is 22.3. The van der Waals surface area contributed by atoms with Crippen LogP contribution in [0.15, 0.2) is 76.2 Å². The molecule has 0 bridgehead atoms. The number of nitrogens with zero attached hydrogens (tertiary/aromatic N) is 3. The third kappa shape index (κ3) is 2.99. The number of nitrogens with one attached hydrogen (secondary N) is 1. The lowest BCUT2D eigenvalue weighted by Crippen LogP contribution is -2.29. The van der Waals surface area contributed by atoms with Gasteiger partial charge in [-0.15, -0.1) is 0 Å². The van der Waals surface area contributed by atoms with Gasteiger partial charge in [0, 0.05) is 6.42 Å². The van der Waals surface area contributed by atoms with Crippen LogP contribution in [0.5, 0.6) is 0 Å². The number of hydrogen-bond donors (Lipinski definition) is 1. The van der Waals surface area contributed by atoms with E-state index in [1.807, 2.05) is 30.3 Å². The summed E-state index contributed by atoms with van der Waals surface area (Å²) in [5.74, 6) is 0.0457. The molecule has 2 aliphatic rings. The highest BCUT2D eigenvalue weighted by molar-refractivity contribution is 5.95. The zero-order chi connectivity index (χ0) is 18.1. The van der Waals surface area contributed by atoms with Crippen molar-refractivity contribution in [1.29, 1.82) is 0 Å². The van der Waals surface area contributed by atoms with E-state index in [1.165, 1.54) is 5.56 Å². The number of carbonyl (C=O) groups excluding carboxylic acids is 1. The fourth-order valence-corrected chi connectivity index (χ4v) is 3.11. The number of azo groups is 1. The fraction of sp³-hybridized carbons (Fsp3) is 0.250. The molecule has 1 saturated heterocycles. The Morgan fingerprint density at radius 2 is 1.85 bits per heavy atom. The Bertz CT molecular complexity index is 872. The molecule has 0 saturated carbocycles. The number of para-hydroxylation sites is 1.